The second-order valence-electron chi connectivity index (χ2n) is 13.8. The van der Waals surface area contributed by atoms with E-state index < -0.39 is 0 Å². The second kappa shape index (κ2) is 8.68. The highest BCUT2D eigenvalue weighted by Gasteiger charge is 2.45. The van der Waals surface area contributed by atoms with Gasteiger partial charge in [0, 0.05) is 53.6 Å². The third-order valence-corrected chi connectivity index (χ3v) is 11.5. The summed E-state index contributed by atoms with van der Waals surface area (Å²) < 4.78 is 5.30. The summed E-state index contributed by atoms with van der Waals surface area (Å²) in [6.45, 7) is 9.35. The Hall–Kier alpha value is -4.80. The fourth-order valence-electron chi connectivity index (χ4n) is 8.17. The Morgan fingerprint density at radius 2 is 1.40 bits per heavy atom. The summed E-state index contributed by atoms with van der Waals surface area (Å²) in [5, 5.41) is 5.33. The molecule has 0 bridgehead atoms. The van der Waals surface area contributed by atoms with E-state index in [-0.39, 0.29) is 12.3 Å². The predicted molar refractivity (Wildman–Crippen MR) is 196 cm³/mol. The Bertz CT molecular complexity index is 2560. The van der Waals surface area contributed by atoms with E-state index in [0.29, 0.717) is 0 Å². The molecule has 0 N–H and O–H groups in total. The Kier molecular flexibility index (Phi) is 4.92. The van der Waals surface area contributed by atoms with Crippen molar-refractivity contribution in [3.63, 3.8) is 0 Å². The molecule has 6 aromatic carbocycles. The molecule has 10 rings (SSSR count). The van der Waals surface area contributed by atoms with Crippen molar-refractivity contribution in [2.24, 2.45) is 0 Å². The molecule has 2 nitrogen and oxygen atoms in total. The van der Waals surface area contributed by atoms with Gasteiger partial charge in [-0.3, -0.25) is 0 Å². The Labute approximate surface area is 267 Å². The fourth-order valence-corrected chi connectivity index (χ4v) is 9.43. The molecule has 0 fully saturated rings. The van der Waals surface area contributed by atoms with Gasteiger partial charge in [0.1, 0.15) is 0 Å². The fraction of sp³-hybridized carbons (Fsp3) is 0.122. The van der Waals surface area contributed by atoms with Crippen LogP contribution in [-0.4, -0.2) is 11.4 Å². The summed E-state index contributed by atoms with van der Waals surface area (Å²) in [6.07, 6.45) is 0. The molecule has 0 radical (unpaired) electrons. The number of fused-ring (bicyclic) bond motifs is 11. The number of benzene rings is 6. The maximum Gasteiger partial charge on any atom is 0.333 e. The minimum atomic E-state index is -0.0125. The van der Waals surface area contributed by atoms with Crippen LogP contribution in [0, 0.1) is 6.92 Å². The number of hydrogen-bond donors (Lipinski definition) is 0. The van der Waals surface area contributed by atoms with Gasteiger partial charge in [0.05, 0.1) is 11.0 Å². The molecule has 8 aromatic rings. The normalized spacial score (nSPS) is 13.7. The summed E-state index contributed by atoms with van der Waals surface area (Å²) in [4.78, 5) is 2.66. The summed E-state index contributed by atoms with van der Waals surface area (Å²) >= 11 is 1.94. The van der Waals surface area contributed by atoms with E-state index in [0.717, 1.165) is 0 Å². The molecule has 2 aliphatic rings. The number of aryl methyl sites for hydroxylation is 1. The lowest BCUT2D eigenvalue weighted by Crippen LogP contribution is -2.60. The third kappa shape index (κ3) is 3.25. The van der Waals surface area contributed by atoms with Crippen LogP contribution >= 0.6 is 11.3 Å². The molecule has 4 heteroatoms. The van der Waals surface area contributed by atoms with Crippen LogP contribution in [0.15, 0.2) is 115 Å². The standard InChI is InChI=1S/C41H31BN2S/c1-24-12-5-8-17-32(24)44-34-21-20-29-27-14-7-10-19-36(27)45-40(29)37(34)30-22-25(41(2,3)4)23-35-38(30)42(44)31-16-11-15-28-26-13-6-9-18-33(26)43(35)39(28)31/h5-23H,1-4H3. The van der Waals surface area contributed by atoms with Crippen LogP contribution in [0.2, 0.25) is 0 Å². The molecular weight excluding hydrogens is 563 g/mol. The van der Waals surface area contributed by atoms with Gasteiger partial charge in [-0.2, -0.15) is 0 Å². The molecule has 0 saturated heterocycles. The molecule has 0 amide bonds. The lowest BCUT2D eigenvalue weighted by molar-refractivity contribution is 0.590. The minimum absolute atomic E-state index is 0.0125. The molecule has 2 aliphatic heterocycles. The van der Waals surface area contributed by atoms with Gasteiger partial charge in [0.2, 0.25) is 0 Å². The van der Waals surface area contributed by atoms with Crippen LogP contribution in [0.5, 0.6) is 0 Å². The van der Waals surface area contributed by atoms with Gasteiger partial charge in [-0.25, -0.2) is 0 Å². The van der Waals surface area contributed by atoms with Gasteiger partial charge in [0.25, 0.3) is 0 Å². The average molecular weight is 595 g/mol. The van der Waals surface area contributed by atoms with E-state index in [4.69, 9.17) is 0 Å². The molecular formula is C41H31BN2S. The van der Waals surface area contributed by atoms with Crippen molar-refractivity contribution in [1.29, 1.82) is 0 Å². The lowest BCUT2D eigenvalue weighted by Gasteiger charge is -2.43. The maximum atomic E-state index is 2.66. The van der Waals surface area contributed by atoms with Gasteiger partial charge in [-0.1, -0.05) is 106 Å². The first kappa shape index (κ1) is 25.5. The smallest absolute Gasteiger partial charge is 0.333 e. The van der Waals surface area contributed by atoms with E-state index >= 15 is 0 Å². The van der Waals surface area contributed by atoms with Crippen LogP contribution in [0.4, 0.5) is 11.4 Å². The van der Waals surface area contributed by atoms with Crippen molar-refractivity contribution in [3.05, 3.63) is 126 Å². The average Bonchev–Trinajstić information content (AvgIpc) is 3.60. The van der Waals surface area contributed by atoms with Crippen LogP contribution in [0.25, 0.3) is 58.8 Å². The van der Waals surface area contributed by atoms with E-state index in [1.54, 1.807) is 0 Å². The molecule has 0 unspecified atom stereocenters. The number of thiophene rings is 1. The largest absolute Gasteiger partial charge is 0.376 e. The predicted octanol–water partition coefficient (Wildman–Crippen LogP) is 10.00. The van der Waals surface area contributed by atoms with Gasteiger partial charge in [-0.05, 0) is 70.3 Å². The van der Waals surface area contributed by atoms with Crippen molar-refractivity contribution in [1.82, 2.24) is 4.57 Å². The summed E-state index contributed by atoms with van der Waals surface area (Å²) in [5.74, 6) is 0. The van der Waals surface area contributed by atoms with Gasteiger partial charge in [0.15, 0.2) is 0 Å². The quantitative estimate of drug-likeness (QED) is 0.172. The Balaban J connectivity index is 1.46. The van der Waals surface area contributed by atoms with Gasteiger partial charge < -0.3 is 9.38 Å². The molecule has 2 aromatic heterocycles. The van der Waals surface area contributed by atoms with Crippen molar-refractivity contribution >= 4 is 82.5 Å². The van der Waals surface area contributed by atoms with Crippen LogP contribution < -0.4 is 15.7 Å². The van der Waals surface area contributed by atoms with Crippen molar-refractivity contribution in [3.8, 4) is 16.8 Å². The molecule has 0 spiro atoms. The zero-order chi connectivity index (χ0) is 30.2. The molecule has 0 aliphatic carbocycles. The highest BCUT2D eigenvalue weighted by molar-refractivity contribution is 7.26. The second-order valence-corrected chi connectivity index (χ2v) is 14.8. The van der Waals surface area contributed by atoms with E-state index in [9.17, 15) is 0 Å². The molecule has 45 heavy (non-hydrogen) atoms. The van der Waals surface area contributed by atoms with E-state index in [1.165, 1.54) is 92.2 Å². The Morgan fingerprint density at radius 3 is 2.24 bits per heavy atom. The van der Waals surface area contributed by atoms with Crippen molar-refractivity contribution in [2.45, 2.75) is 33.1 Å². The summed E-state index contributed by atoms with van der Waals surface area (Å²) in [7, 11) is 0. The SMILES string of the molecule is Cc1ccccc1N1B2c3c(cc(C(C)(C)C)cc3-n3c4ccccc4c4cccc2c43)-c2c1ccc1c2sc2ccccc21. The molecule has 214 valence electrons. The third-order valence-electron chi connectivity index (χ3n) is 10.2. The number of nitrogens with zero attached hydrogens (tertiary/aromatic N) is 2. The lowest BCUT2D eigenvalue weighted by atomic mass is 9.43. The Morgan fingerprint density at radius 1 is 0.644 bits per heavy atom. The van der Waals surface area contributed by atoms with Crippen molar-refractivity contribution < 1.29 is 0 Å². The van der Waals surface area contributed by atoms with Gasteiger partial charge >= 0.3 is 6.85 Å². The van der Waals surface area contributed by atoms with Crippen LogP contribution in [-0.2, 0) is 5.41 Å². The molecule has 0 atom stereocenters. The monoisotopic (exact) mass is 594 g/mol. The summed E-state index contributed by atoms with van der Waals surface area (Å²) in [6, 6.07) is 43.5. The highest BCUT2D eigenvalue weighted by Crippen LogP contribution is 2.51. The molecule has 4 heterocycles. The van der Waals surface area contributed by atoms with E-state index in [2.05, 4.69) is 152 Å². The number of para-hydroxylation sites is 3. The van der Waals surface area contributed by atoms with E-state index in [1.807, 2.05) is 11.3 Å². The minimum Gasteiger partial charge on any atom is -0.376 e. The zero-order valence-corrected chi connectivity index (χ0v) is 26.7. The highest BCUT2D eigenvalue weighted by atomic mass is 32.1. The first-order valence-corrected chi connectivity index (χ1v) is 16.7. The molecule has 0 saturated carbocycles. The van der Waals surface area contributed by atoms with Gasteiger partial charge in [-0.15, -0.1) is 11.3 Å². The van der Waals surface area contributed by atoms with Crippen LogP contribution in [0.1, 0.15) is 31.9 Å². The first-order valence-electron chi connectivity index (χ1n) is 15.9. The maximum absolute atomic E-state index is 2.66. The number of rotatable bonds is 1. The number of aromatic nitrogens is 1. The first-order chi connectivity index (χ1) is 21.9. The van der Waals surface area contributed by atoms with Crippen LogP contribution in [0.3, 0.4) is 0 Å². The summed E-state index contributed by atoms with van der Waals surface area (Å²) in [5.41, 5.74) is 14.6. The number of anilines is 2. The number of hydrogen-bond acceptors (Lipinski definition) is 2. The van der Waals surface area contributed by atoms with Crippen molar-refractivity contribution in [2.75, 3.05) is 4.81 Å². The topological polar surface area (TPSA) is 8.17 Å². The zero-order valence-electron chi connectivity index (χ0n) is 25.8.